The molecule has 4 heteroatoms. The molecule has 0 radical (unpaired) electrons. The van der Waals surface area contributed by atoms with Gasteiger partial charge in [-0.3, -0.25) is 0 Å². The van der Waals surface area contributed by atoms with Gasteiger partial charge in [0.15, 0.2) is 0 Å². The molecule has 0 fully saturated rings. The molecule has 1 heterocycles. The normalized spacial score (nSPS) is 19.1. The molecule has 1 unspecified atom stereocenters. The Kier molecular flexibility index (Phi) is 2.08. The van der Waals surface area contributed by atoms with Crippen molar-refractivity contribution >= 4 is 18.9 Å². The Morgan fingerprint density at radius 2 is 2.00 bits per heavy atom. The van der Waals surface area contributed by atoms with Crippen molar-refractivity contribution in [2.75, 3.05) is 5.32 Å². The lowest BCUT2D eigenvalue weighted by molar-refractivity contribution is 0.400. The van der Waals surface area contributed by atoms with E-state index in [0.29, 0.717) is 0 Å². The minimum Gasteiger partial charge on any atom is -0.426 e. The summed E-state index contributed by atoms with van der Waals surface area (Å²) in [4.78, 5) is 0. The predicted octanol–water partition coefficient (Wildman–Crippen LogP) is 0.506. The molecule has 0 aliphatic carbocycles. The minimum absolute atomic E-state index is 0.408. The first-order valence-corrected chi connectivity index (χ1v) is 4.17. The molecule has 0 amide bonds. The summed E-state index contributed by atoms with van der Waals surface area (Å²) in [5.41, 5.74) is 2.00. The molecule has 0 bridgehead atoms. The van der Waals surface area contributed by atoms with Gasteiger partial charge in [0.1, 0.15) is 0 Å². The van der Waals surface area contributed by atoms with Gasteiger partial charge < -0.3 is 15.4 Å². The molecule has 0 saturated heterocycles. The van der Waals surface area contributed by atoms with Crippen molar-refractivity contribution in [3.63, 3.8) is 0 Å². The van der Waals surface area contributed by atoms with Crippen LogP contribution < -0.4 is 5.32 Å². The van der Waals surface area contributed by atoms with Gasteiger partial charge in [0.05, 0.1) is 5.94 Å². The third kappa shape index (κ3) is 1.59. The van der Waals surface area contributed by atoms with Crippen LogP contribution in [0.5, 0.6) is 0 Å². The molecule has 3 nitrogen and oxygen atoms in total. The Morgan fingerprint density at radius 1 is 1.23 bits per heavy atom. The summed E-state index contributed by atoms with van der Waals surface area (Å²) < 4.78 is 0. The van der Waals surface area contributed by atoms with E-state index in [4.69, 9.17) is 10.0 Å². The van der Waals surface area contributed by atoms with Crippen molar-refractivity contribution in [1.29, 1.82) is 0 Å². The first-order valence-electron chi connectivity index (χ1n) is 4.17. The average molecular weight is 175 g/mol. The smallest absolute Gasteiger partial charge is 0.426 e. The first-order chi connectivity index (χ1) is 6.27. The second kappa shape index (κ2) is 3.24. The molecule has 0 saturated carbocycles. The van der Waals surface area contributed by atoms with Crippen LogP contribution >= 0.6 is 0 Å². The minimum atomic E-state index is -1.36. The van der Waals surface area contributed by atoms with Crippen LogP contribution in [-0.2, 0) is 0 Å². The van der Waals surface area contributed by atoms with Crippen LogP contribution in [0.25, 0.3) is 6.08 Å². The van der Waals surface area contributed by atoms with Crippen molar-refractivity contribution in [2.24, 2.45) is 0 Å². The molecule has 2 rings (SSSR count). The summed E-state index contributed by atoms with van der Waals surface area (Å²) in [6.07, 6.45) is 3.63. The zero-order chi connectivity index (χ0) is 9.26. The first kappa shape index (κ1) is 8.35. The second-order valence-corrected chi connectivity index (χ2v) is 3.03. The maximum Gasteiger partial charge on any atom is 0.479 e. The summed E-state index contributed by atoms with van der Waals surface area (Å²) in [5, 5.41) is 20.9. The topological polar surface area (TPSA) is 52.5 Å². The molecular weight excluding hydrogens is 165 g/mol. The molecule has 1 aliphatic heterocycles. The van der Waals surface area contributed by atoms with Gasteiger partial charge in [0, 0.05) is 5.69 Å². The standard InChI is InChI=1S/C9H10BNO2/c12-10(13)9-6-5-7-3-1-2-4-8(7)11-9/h1-6,9,11-13H. The van der Waals surface area contributed by atoms with Crippen molar-refractivity contribution < 1.29 is 10.0 Å². The number of anilines is 1. The van der Waals surface area contributed by atoms with Gasteiger partial charge in [-0.25, -0.2) is 0 Å². The fraction of sp³-hybridized carbons (Fsp3) is 0.111. The lowest BCUT2D eigenvalue weighted by Crippen LogP contribution is -2.37. The summed E-state index contributed by atoms with van der Waals surface area (Å²) in [6.45, 7) is 0. The number of benzene rings is 1. The van der Waals surface area contributed by atoms with E-state index in [1.165, 1.54) is 0 Å². The van der Waals surface area contributed by atoms with E-state index in [0.717, 1.165) is 11.3 Å². The van der Waals surface area contributed by atoms with E-state index < -0.39 is 13.1 Å². The number of para-hydroxylation sites is 1. The van der Waals surface area contributed by atoms with Gasteiger partial charge in [-0.15, -0.1) is 0 Å². The largest absolute Gasteiger partial charge is 0.479 e. The second-order valence-electron chi connectivity index (χ2n) is 3.03. The van der Waals surface area contributed by atoms with E-state index in [1.54, 1.807) is 6.08 Å². The van der Waals surface area contributed by atoms with E-state index in [-0.39, 0.29) is 0 Å². The van der Waals surface area contributed by atoms with Crippen LogP contribution in [0, 0.1) is 0 Å². The van der Waals surface area contributed by atoms with E-state index in [1.807, 2.05) is 30.3 Å². The lowest BCUT2D eigenvalue weighted by Gasteiger charge is -2.21. The van der Waals surface area contributed by atoms with Gasteiger partial charge in [0.2, 0.25) is 0 Å². The van der Waals surface area contributed by atoms with Gasteiger partial charge in [-0.05, 0) is 11.6 Å². The Bertz CT molecular complexity index is 338. The average Bonchev–Trinajstić information content (AvgIpc) is 2.17. The summed E-state index contributed by atoms with van der Waals surface area (Å²) in [5.74, 6) is -0.408. The number of rotatable bonds is 1. The Labute approximate surface area is 76.9 Å². The zero-order valence-electron chi connectivity index (χ0n) is 7.01. The summed E-state index contributed by atoms with van der Waals surface area (Å²) in [7, 11) is -1.36. The number of fused-ring (bicyclic) bond motifs is 1. The van der Waals surface area contributed by atoms with Crippen LogP contribution in [-0.4, -0.2) is 23.1 Å². The molecule has 1 aliphatic rings. The van der Waals surface area contributed by atoms with Crippen LogP contribution in [0.1, 0.15) is 5.56 Å². The van der Waals surface area contributed by atoms with Crippen molar-refractivity contribution in [3.05, 3.63) is 35.9 Å². The van der Waals surface area contributed by atoms with E-state index in [2.05, 4.69) is 5.32 Å². The molecule has 1 atom stereocenters. The van der Waals surface area contributed by atoms with Gasteiger partial charge in [0.25, 0.3) is 0 Å². The van der Waals surface area contributed by atoms with Gasteiger partial charge >= 0.3 is 7.12 Å². The lowest BCUT2D eigenvalue weighted by atomic mass is 9.77. The number of nitrogens with one attached hydrogen (secondary N) is 1. The number of hydrogen-bond acceptors (Lipinski definition) is 3. The van der Waals surface area contributed by atoms with Crippen molar-refractivity contribution in [3.8, 4) is 0 Å². The highest BCUT2D eigenvalue weighted by atomic mass is 16.4. The van der Waals surface area contributed by atoms with Crippen LogP contribution in [0.4, 0.5) is 5.69 Å². The van der Waals surface area contributed by atoms with Crippen molar-refractivity contribution in [1.82, 2.24) is 0 Å². The Morgan fingerprint density at radius 3 is 2.77 bits per heavy atom. The van der Waals surface area contributed by atoms with Gasteiger partial charge in [-0.2, -0.15) is 0 Å². The molecule has 13 heavy (non-hydrogen) atoms. The van der Waals surface area contributed by atoms with Crippen LogP contribution in [0.2, 0.25) is 0 Å². The highest BCUT2D eigenvalue weighted by Crippen LogP contribution is 2.22. The molecule has 1 aromatic rings. The molecule has 1 aromatic carbocycles. The highest BCUT2D eigenvalue weighted by molar-refractivity contribution is 6.45. The fourth-order valence-electron chi connectivity index (χ4n) is 1.38. The fourth-order valence-corrected chi connectivity index (χ4v) is 1.38. The number of hydrogen-bond donors (Lipinski definition) is 3. The van der Waals surface area contributed by atoms with Crippen LogP contribution in [0.15, 0.2) is 30.3 Å². The van der Waals surface area contributed by atoms with E-state index in [9.17, 15) is 0 Å². The SMILES string of the molecule is OB(O)C1C=Cc2ccccc2N1. The van der Waals surface area contributed by atoms with Gasteiger partial charge in [-0.1, -0.05) is 30.4 Å². The van der Waals surface area contributed by atoms with E-state index >= 15 is 0 Å². The molecular formula is C9H10BNO2. The van der Waals surface area contributed by atoms with Crippen LogP contribution in [0.3, 0.4) is 0 Å². The maximum absolute atomic E-state index is 8.94. The quantitative estimate of drug-likeness (QED) is 0.545. The monoisotopic (exact) mass is 175 g/mol. The molecule has 0 aromatic heterocycles. The summed E-state index contributed by atoms with van der Waals surface area (Å²) in [6, 6.07) is 7.74. The zero-order valence-corrected chi connectivity index (χ0v) is 7.01. The predicted molar refractivity (Wildman–Crippen MR) is 53.1 cm³/mol. The Hall–Kier alpha value is -1.26. The molecule has 66 valence electrons. The summed E-state index contributed by atoms with van der Waals surface area (Å²) >= 11 is 0. The third-order valence-corrected chi connectivity index (χ3v) is 2.09. The van der Waals surface area contributed by atoms with Crippen molar-refractivity contribution in [2.45, 2.75) is 5.94 Å². The highest BCUT2D eigenvalue weighted by Gasteiger charge is 2.23. The maximum atomic E-state index is 8.94. The molecule has 0 spiro atoms. The molecule has 3 N–H and O–H groups in total. The third-order valence-electron chi connectivity index (χ3n) is 2.09. The Balaban J connectivity index is 2.29.